The Hall–Kier alpha value is -2.61. The van der Waals surface area contributed by atoms with Gasteiger partial charge in [-0.05, 0) is 25.0 Å². The maximum absolute atomic E-state index is 9.43. The van der Waals surface area contributed by atoms with Gasteiger partial charge in [-0.25, -0.2) is 9.97 Å². The minimum absolute atomic E-state index is 0.338. The van der Waals surface area contributed by atoms with Crippen molar-refractivity contribution in [2.24, 2.45) is 0 Å². The summed E-state index contributed by atoms with van der Waals surface area (Å²) in [7, 11) is 0. The molecule has 5 heteroatoms. The number of anilines is 1. The highest BCUT2D eigenvalue weighted by atomic mass is 15.1. The first kappa shape index (κ1) is 12.2. The van der Waals surface area contributed by atoms with E-state index in [0.717, 1.165) is 29.5 Å². The number of aromatic nitrogens is 3. The van der Waals surface area contributed by atoms with Crippen LogP contribution in [0.15, 0.2) is 24.3 Å². The number of para-hydroxylation sites is 2. The van der Waals surface area contributed by atoms with Crippen LogP contribution in [-0.4, -0.2) is 14.5 Å². The average Bonchev–Trinajstić information content (AvgIpc) is 3.10. The van der Waals surface area contributed by atoms with Gasteiger partial charge in [0.25, 0.3) is 0 Å². The predicted molar refractivity (Wildman–Crippen MR) is 81.7 cm³/mol. The lowest BCUT2D eigenvalue weighted by molar-refractivity contribution is 0.539. The van der Waals surface area contributed by atoms with Crippen molar-refractivity contribution in [1.29, 1.82) is 5.26 Å². The molecule has 2 N–H and O–H groups in total. The molecule has 0 amide bonds. The zero-order valence-corrected chi connectivity index (χ0v) is 11.6. The minimum atomic E-state index is 0.338. The van der Waals surface area contributed by atoms with Crippen LogP contribution in [0.3, 0.4) is 0 Å². The number of nitrogens with zero attached hydrogens (tertiary/aromatic N) is 4. The van der Waals surface area contributed by atoms with Gasteiger partial charge in [0.1, 0.15) is 23.0 Å². The van der Waals surface area contributed by atoms with Gasteiger partial charge in [-0.15, -0.1) is 0 Å². The first-order chi connectivity index (χ1) is 10.3. The minimum Gasteiger partial charge on any atom is -0.384 e. The van der Waals surface area contributed by atoms with Gasteiger partial charge in [-0.1, -0.05) is 25.0 Å². The topological polar surface area (TPSA) is 80.5 Å². The highest BCUT2D eigenvalue weighted by molar-refractivity contribution is 5.92. The number of benzene rings is 1. The Morgan fingerprint density at radius 1 is 1.14 bits per heavy atom. The lowest BCUT2D eigenvalue weighted by Gasteiger charge is -2.14. The fourth-order valence-corrected chi connectivity index (χ4v) is 3.32. The molecule has 3 aromatic rings. The van der Waals surface area contributed by atoms with E-state index in [1.807, 2.05) is 28.8 Å². The molecular weight excluding hydrogens is 262 g/mol. The van der Waals surface area contributed by atoms with Gasteiger partial charge in [-0.3, -0.25) is 0 Å². The third kappa shape index (κ3) is 1.69. The zero-order valence-electron chi connectivity index (χ0n) is 11.6. The number of hydrogen-bond donors (Lipinski definition) is 1. The van der Waals surface area contributed by atoms with Crippen LogP contribution in [0.25, 0.3) is 22.2 Å². The molecule has 1 aliphatic carbocycles. The Balaban J connectivity index is 2.10. The van der Waals surface area contributed by atoms with Crippen molar-refractivity contribution in [3.05, 3.63) is 29.8 Å². The molecule has 2 heterocycles. The van der Waals surface area contributed by atoms with Crippen LogP contribution in [0, 0.1) is 11.3 Å². The van der Waals surface area contributed by atoms with Crippen LogP contribution < -0.4 is 5.73 Å². The summed E-state index contributed by atoms with van der Waals surface area (Å²) >= 11 is 0. The van der Waals surface area contributed by atoms with Gasteiger partial charge in [-0.2, -0.15) is 5.26 Å². The third-order valence-electron chi connectivity index (χ3n) is 4.33. The fourth-order valence-electron chi connectivity index (χ4n) is 3.32. The molecule has 21 heavy (non-hydrogen) atoms. The van der Waals surface area contributed by atoms with Crippen molar-refractivity contribution < 1.29 is 0 Å². The summed E-state index contributed by atoms with van der Waals surface area (Å²) in [5.74, 6) is 0.509. The summed E-state index contributed by atoms with van der Waals surface area (Å²) in [6.07, 6.45) is 4.58. The zero-order chi connectivity index (χ0) is 14.4. The second-order valence-electron chi connectivity index (χ2n) is 5.56. The van der Waals surface area contributed by atoms with E-state index in [1.165, 1.54) is 12.8 Å². The normalized spacial score (nSPS) is 15.8. The maximum Gasteiger partial charge on any atom is 0.162 e. The van der Waals surface area contributed by atoms with Gasteiger partial charge >= 0.3 is 0 Å². The molecule has 104 valence electrons. The Morgan fingerprint density at radius 2 is 1.81 bits per heavy atom. The van der Waals surface area contributed by atoms with E-state index >= 15 is 0 Å². The highest BCUT2D eigenvalue weighted by Crippen LogP contribution is 2.37. The van der Waals surface area contributed by atoms with E-state index in [-0.39, 0.29) is 0 Å². The number of rotatable bonds is 1. The Labute approximate surface area is 122 Å². The molecule has 1 saturated carbocycles. The van der Waals surface area contributed by atoms with Gasteiger partial charge in [0, 0.05) is 6.04 Å². The molecule has 0 spiro atoms. The second-order valence-corrected chi connectivity index (χ2v) is 5.56. The summed E-state index contributed by atoms with van der Waals surface area (Å²) in [6, 6.07) is 10.3. The van der Waals surface area contributed by atoms with Crippen LogP contribution in [-0.2, 0) is 0 Å². The quantitative estimate of drug-likeness (QED) is 0.740. The summed E-state index contributed by atoms with van der Waals surface area (Å²) in [6.45, 7) is 0. The molecule has 0 atom stereocenters. The van der Waals surface area contributed by atoms with Crippen LogP contribution in [0.4, 0.5) is 5.82 Å². The molecule has 4 rings (SSSR count). The molecule has 0 saturated heterocycles. The number of nitrogens with two attached hydrogens (primary N) is 1. The van der Waals surface area contributed by atoms with Crippen LogP contribution in [0.1, 0.15) is 37.3 Å². The van der Waals surface area contributed by atoms with E-state index in [2.05, 4.69) is 11.1 Å². The lowest BCUT2D eigenvalue weighted by Crippen LogP contribution is -2.09. The maximum atomic E-state index is 9.43. The highest BCUT2D eigenvalue weighted by Gasteiger charge is 2.25. The van der Waals surface area contributed by atoms with E-state index in [9.17, 15) is 5.26 Å². The first-order valence-electron chi connectivity index (χ1n) is 7.26. The molecule has 1 aromatic carbocycles. The molecule has 1 fully saturated rings. The Kier molecular flexibility index (Phi) is 2.58. The summed E-state index contributed by atoms with van der Waals surface area (Å²) < 4.78 is 2.03. The fraction of sp³-hybridized carbons (Fsp3) is 0.312. The number of nitriles is 1. The van der Waals surface area contributed by atoms with Crippen LogP contribution in [0.5, 0.6) is 0 Å². The van der Waals surface area contributed by atoms with Crippen molar-refractivity contribution in [3.63, 3.8) is 0 Å². The van der Waals surface area contributed by atoms with E-state index < -0.39 is 0 Å². The van der Waals surface area contributed by atoms with Crippen molar-refractivity contribution in [2.75, 3.05) is 5.73 Å². The summed E-state index contributed by atoms with van der Waals surface area (Å²) in [5, 5.41) is 9.43. The molecule has 0 aliphatic heterocycles. The smallest absolute Gasteiger partial charge is 0.162 e. The third-order valence-corrected chi connectivity index (χ3v) is 4.33. The van der Waals surface area contributed by atoms with Crippen molar-refractivity contribution in [3.8, 4) is 6.07 Å². The average molecular weight is 277 g/mol. The molecule has 0 bridgehead atoms. The van der Waals surface area contributed by atoms with Crippen LogP contribution >= 0.6 is 0 Å². The first-order valence-corrected chi connectivity index (χ1v) is 7.26. The van der Waals surface area contributed by atoms with E-state index in [1.54, 1.807) is 0 Å². The molecule has 0 unspecified atom stereocenters. The Bertz CT molecular complexity index is 881. The van der Waals surface area contributed by atoms with Crippen molar-refractivity contribution in [2.45, 2.75) is 31.7 Å². The number of fused-ring (bicyclic) bond motifs is 2. The van der Waals surface area contributed by atoms with Crippen LogP contribution in [0.2, 0.25) is 0 Å². The lowest BCUT2D eigenvalue weighted by atomic mass is 10.2. The van der Waals surface area contributed by atoms with E-state index in [0.29, 0.717) is 22.9 Å². The SMILES string of the molecule is N#Cc1c(N)n(C2CCCC2)c2nc3ccccc3nc12. The van der Waals surface area contributed by atoms with E-state index in [4.69, 9.17) is 10.7 Å². The Morgan fingerprint density at radius 3 is 2.48 bits per heavy atom. The largest absolute Gasteiger partial charge is 0.384 e. The predicted octanol–water partition coefficient (Wildman–Crippen LogP) is 3.15. The van der Waals surface area contributed by atoms with Crippen molar-refractivity contribution >= 4 is 28.0 Å². The molecule has 1 aliphatic rings. The molecular formula is C16H15N5. The molecule has 2 aromatic heterocycles. The molecule has 5 nitrogen and oxygen atoms in total. The summed E-state index contributed by atoms with van der Waals surface area (Å²) in [5.41, 5.74) is 9.69. The van der Waals surface area contributed by atoms with Gasteiger partial charge in [0.05, 0.1) is 11.0 Å². The standard InChI is InChI=1S/C16H15N5/c17-9-11-14-16(20-13-8-4-3-7-12(13)19-14)21(15(11)18)10-5-1-2-6-10/h3-4,7-8,10H,1-2,5-6,18H2. The summed E-state index contributed by atoms with van der Waals surface area (Å²) in [4.78, 5) is 9.34. The molecule has 0 radical (unpaired) electrons. The van der Waals surface area contributed by atoms with Gasteiger partial charge < -0.3 is 10.3 Å². The number of nitrogen functional groups attached to an aromatic ring is 1. The van der Waals surface area contributed by atoms with Gasteiger partial charge in [0.2, 0.25) is 0 Å². The van der Waals surface area contributed by atoms with Gasteiger partial charge in [0.15, 0.2) is 5.65 Å². The van der Waals surface area contributed by atoms with Crippen molar-refractivity contribution in [1.82, 2.24) is 14.5 Å². The second kappa shape index (κ2) is 4.45. The number of hydrogen-bond acceptors (Lipinski definition) is 4. The monoisotopic (exact) mass is 277 g/mol.